The molecular weight excluding hydrogens is 406 g/mol. The maximum absolute atomic E-state index is 13.5. The summed E-state index contributed by atoms with van der Waals surface area (Å²) in [6, 6.07) is 4.58. The highest BCUT2D eigenvalue weighted by Gasteiger charge is 2.47. The van der Waals surface area contributed by atoms with Crippen molar-refractivity contribution in [1.82, 2.24) is 9.80 Å². The monoisotopic (exact) mass is 437 g/mol. The molecule has 1 aliphatic heterocycles. The van der Waals surface area contributed by atoms with Gasteiger partial charge < -0.3 is 19.5 Å². The van der Waals surface area contributed by atoms with Crippen molar-refractivity contribution in [2.45, 2.75) is 70.4 Å². The molecule has 8 heteroatoms. The number of ether oxygens (including phenoxy) is 1. The fraction of sp³-hybridized carbons (Fsp3) is 0.652. The summed E-state index contributed by atoms with van der Waals surface area (Å²) in [5.74, 6) is -0.355. The van der Waals surface area contributed by atoms with Crippen LogP contribution in [-0.2, 0) is 21.5 Å². The van der Waals surface area contributed by atoms with E-state index in [-0.39, 0.29) is 11.5 Å². The molecular formula is C23H31F2N2O4-. The van der Waals surface area contributed by atoms with Gasteiger partial charge in [0.25, 0.3) is 6.43 Å². The molecule has 0 bridgehead atoms. The second-order valence-corrected chi connectivity index (χ2v) is 9.54. The Balaban J connectivity index is 1.94. The number of alkyl halides is 2. The average molecular weight is 438 g/mol. The molecule has 0 radical (unpaired) electrons. The van der Waals surface area contributed by atoms with Crippen molar-refractivity contribution < 1.29 is 28.2 Å². The third kappa shape index (κ3) is 5.34. The molecule has 2 aliphatic rings. The van der Waals surface area contributed by atoms with Crippen molar-refractivity contribution >= 4 is 12.1 Å². The van der Waals surface area contributed by atoms with E-state index in [9.17, 15) is 23.5 Å². The molecule has 0 aromatic heterocycles. The number of halogens is 2. The average Bonchev–Trinajstić information content (AvgIpc) is 3.18. The number of hydrogen-bond acceptors (Lipinski definition) is 5. The molecule has 0 N–H and O–H groups in total. The van der Waals surface area contributed by atoms with Gasteiger partial charge in [-0.05, 0) is 50.8 Å². The van der Waals surface area contributed by atoms with Gasteiger partial charge in [0, 0.05) is 38.3 Å². The lowest BCUT2D eigenvalue weighted by Gasteiger charge is -2.38. The van der Waals surface area contributed by atoms with Crippen LogP contribution in [0.3, 0.4) is 0 Å². The fourth-order valence-electron chi connectivity index (χ4n) is 4.58. The highest BCUT2D eigenvalue weighted by molar-refractivity contribution is 5.84. The second-order valence-electron chi connectivity index (χ2n) is 9.54. The summed E-state index contributed by atoms with van der Waals surface area (Å²) in [6.45, 7) is 7.59. The molecule has 3 rings (SSSR count). The summed E-state index contributed by atoms with van der Waals surface area (Å²) in [4.78, 5) is 27.7. The first-order valence-electron chi connectivity index (χ1n) is 10.8. The van der Waals surface area contributed by atoms with Crippen LogP contribution < -0.4 is 5.11 Å². The second kappa shape index (κ2) is 9.10. The lowest BCUT2D eigenvalue weighted by Crippen LogP contribution is -2.52. The molecule has 0 atom stereocenters. The molecule has 172 valence electrons. The number of carbonyl (C=O) groups is 2. The van der Waals surface area contributed by atoms with Crippen LogP contribution >= 0.6 is 0 Å². The third-order valence-corrected chi connectivity index (χ3v) is 6.17. The van der Waals surface area contributed by atoms with E-state index in [2.05, 4.69) is 4.90 Å². The van der Waals surface area contributed by atoms with Crippen molar-refractivity contribution in [3.63, 3.8) is 0 Å². The van der Waals surface area contributed by atoms with Crippen LogP contribution in [0.1, 0.15) is 69.6 Å². The number of piperazine rings is 1. The smallest absolute Gasteiger partial charge is 0.317 e. The van der Waals surface area contributed by atoms with Crippen molar-refractivity contribution in [3.8, 4) is 0 Å². The van der Waals surface area contributed by atoms with Crippen molar-refractivity contribution in [1.29, 1.82) is 0 Å². The number of carboxylic acid groups (broad SMARTS) is 1. The van der Waals surface area contributed by atoms with E-state index in [1.165, 1.54) is 17.0 Å². The van der Waals surface area contributed by atoms with Gasteiger partial charge in [0.05, 0.1) is 5.41 Å². The first-order chi connectivity index (χ1) is 14.5. The summed E-state index contributed by atoms with van der Waals surface area (Å²) in [5, 5.41) is 11.1. The molecule has 1 aromatic carbocycles. The molecule has 1 heterocycles. The summed E-state index contributed by atoms with van der Waals surface area (Å²) in [7, 11) is 0. The zero-order valence-electron chi connectivity index (χ0n) is 18.5. The van der Waals surface area contributed by atoms with Gasteiger partial charge in [-0.1, -0.05) is 25.0 Å². The molecule has 1 saturated carbocycles. The van der Waals surface area contributed by atoms with Gasteiger partial charge in [0.15, 0.2) is 0 Å². The summed E-state index contributed by atoms with van der Waals surface area (Å²) in [5.41, 5.74) is -0.261. The normalized spacial score (nSPS) is 19.6. The van der Waals surface area contributed by atoms with E-state index < -0.39 is 23.5 Å². The Labute approximate surface area is 182 Å². The van der Waals surface area contributed by atoms with Crippen molar-refractivity contribution in [3.05, 3.63) is 34.9 Å². The molecule has 2 fully saturated rings. The van der Waals surface area contributed by atoms with Crippen LogP contribution in [-0.4, -0.2) is 53.6 Å². The number of rotatable bonds is 5. The molecule has 6 nitrogen and oxygen atoms in total. The first kappa shape index (κ1) is 23.4. The largest absolute Gasteiger partial charge is 0.530 e. The standard InChI is InChI=1S/C23H32F2N2O4/c1-22(2,3)31-20(28)23(8-4-5-9-23)18-14-16(19(24)25)6-7-17(18)15-26-10-12-27(13-11-26)21(29)30/h6-7,14,19H,4-5,8-13,15H2,1-3H3,(H,29,30)/p-1. The molecule has 1 amide bonds. The van der Waals surface area contributed by atoms with Crippen LogP contribution in [0.25, 0.3) is 0 Å². The quantitative estimate of drug-likeness (QED) is 0.662. The highest BCUT2D eigenvalue weighted by atomic mass is 19.3. The Morgan fingerprint density at radius 3 is 2.26 bits per heavy atom. The molecule has 1 aromatic rings. The number of hydrogen-bond donors (Lipinski definition) is 0. The van der Waals surface area contributed by atoms with Gasteiger partial charge in [-0.25, -0.2) is 8.78 Å². The van der Waals surface area contributed by atoms with Crippen LogP contribution in [0.4, 0.5) is 13.6 Å². The number of carbonyl (C=O) groups excluding carboxylic acids is 2. The van der Waals surface area contributed by atoms with E-state index in [0.717, 1.165) is 18.4 Å². The Hall–Kier alpha value is -2.22. The van der Waals surface area contributed by atoms with Crippen molar-refractivity contribution in [2.24, 2.45) is 0 Å². The van der Waals surface area contributed by atoms with Gasteiger partial charge in [-0.3, -0.25) is 9.69 Å². The molecule has 0 unspecified atom stereocenters. The minimum absolute atomic E-state index is 0.102. The third-order valence-electron chi connectivity index (χ3n) is 6.17. The topological polar surface area (TPSA) is 72.9 Å². The lowest BCUT2D eigenvalue weighted by molar-refractivity contribution is -0.266. The van der Waals surface area contributed by atoms with E-state index in [4.69, 9.17) is 4.74 Å². The SMILES string of the molecule is CC(C)(C)OC(=O)C1(c2cc(C(F)F)ccc2CN2CCN(C(=O)[O-])CC2)CCCC1. The predicted octanol–water partition coefficient (Wildman–Crippen LogP) is 3.24. The van der Waals surface area contributed by atoms with Crippen LogP contribution in [0, 0.1) is 0 Å². The van der Waals surface area contributed by atoms with Gasteiger partial charge in [0.2, 0.25) is 0 Å². The number of amides is 1. The predicted molar refractivity (Wildman–Crippen MR) is 110 cm³/mol. The molecule has 1 saturated heterocycles. The molecule has 1 aliphatic carbocycles. The lowest BCUT2D eigenvalue weighted by atomic mass is 9.75. The number of nitrogens with zero attached hydrogens (tertiary/aromatic N) is 2. The highest BCUT2D eigenvalue weighted by Crippen LogP contribution is 2.45. The van der Waals surface area contributed by atoms with Gasteiger partial charge in [0.1, 0.15) is 11.7 Å². The zero-order chi connectivity index (χ0) is 22.8. The van der Waals surface area contributed by atoms with Gasteiger partial charge in [-0.15, -0.1) is 0 Å². The number of benzene rings is 1. The minimum atomic E-state index is -2.63. The van der Waals surface area contributed by atoms with E-state index in [0.29, 0.717) is 51.1 Å². The van der Waals surface area contributed by atoms with Crippen molar-refractivity contribution in [2.75, 3.05) is 26.2 Å². The Bertz CT molecular complexity index is 808. The van der Waals surface area contributed by atoms with E-state index in [1.807, 2.05) is 0 Å². The van der Waals surface area contributed by atoms with E-state index >= 15 is 0 Å². The minimum Gasteiger partial charge on any atom is -0.530 e. The molecule has 31 heavy (non-hydrogen) atoms. The first-order valence-corrected chi connectivity index (χ1v) is 10.8. The zero-order valence-corrected chi connectivity index (χ0v) is 18.5. The van der Waals surface area contributed by atoms with Crippen LogP contribution in [0.15, 0.2) is 18.2 Å². The fourth-order valence-corrected chi connectivity index (χ4v) is 4.58. The van der Waals surface area contributed by atoms with Crippen LogP contribution in [0.2, 0.25) is 0 Å². The summed E-state index contributed by atoms with van der Waals surface area (Å²) < 4.78 is 32.8. The van der Waals surface area contributed by atoms with Gasteiger partial charge in [-0.2, -0.15) is 0 Å². The Morgan fingerprint density at radius 1 is 1.13 bits per heavy atom. The van der Waals surface area contributed by atoms with Crippen LogP contribution in [0.5, 0.6) is 0 Å². The van der Waals surface area contributed by atoms with Gasteiger partial charge >= 0.3 is 5.97 Å². The maximum atomic E-state index is 13.5. The summed E-state index contributed by atoms with van der Waals surface area (Å²) >= 11 is 0. The summed E-state index contributed by atoms with van der Waals surface area (Å²) in [6.07, 6.45) is -1.00. The Kier molecular flexibility index (Phi) is 6.88. The maximum Gasteiger partial charge on any atom is 0.317 e. The number of esters is 1. The molecule has 0 spiro atoms. The van der Waals surface area contributed by atoms with E-state index in [1.54, 1.807) is 26.8 Å². The Morgan fingerprint density at radius 2 is 1.74 bits per heavy atom.